The fourth-order valence-electron chi connectivity index (χ4n) is 1.66. The van der Waals surface area contributed by atoms with Crippen molar-refractivity contribution < 1.29 is 9.59 Å². The lowest BCUT2D eigenvalue weighted by molar-refractivity contribution is -0.139. The van der Waals surface area contributed by atoms with Crippen LogP contribution in [0.1, 0.15) is 17.9 Å². The number of nitrogens with one attached hydrogen (secondary N) is 1. The second-order valence-corrected chi connectivity index (χ2v) is 3.44. The minimum Gasteiger partial charge on any atom is -0.349 e. The zero-order valence-corrected chi connectivity index (χ0v) is 7.69. The number of carbonyl (C=O) groups is 2. The quantitative estimate of drug-likeness (QED) is 0.666. The Morgan fingerprint density at radius 2 is 1.86 bits per heavy atom. The normalized spacial score (nSPS) is 21.9. The maximum atomic E-state index is 11.2. The van der Waals surface area contributed by atoms with E-state index in [1.54, 1.807) is 0 Å². The Kier molecular flexibility index (Phi) is 2.31. The summed E-state index contributed by atoms with van der Waals surface area (Å²) < 4.78 is 0. The van der Waals surface area contributed by atoms with Gasteiger partial charge in [0, 0.05) is 18.9 Å². The standard InChI is InChI=1S/C11H11NO2/c13-10-6-9(7-12-11(10)14)8-4-2-1-3-5-8/h1-5,9H,6-7H2,(H,12,14). The van der Waals surface area contributed by atoms with Crippen LogP contribution in [0.15, 0.2) is 30.3 Å². The highest BCUT2D eigenvalue weighted by Gasteiger charge is 2.26. The largest absolute Gasteiger partial charge is 0.349 e. The number of piperidine rings is 1. The average Bonchev–Trinajstić information content (AvgIpc) is 2.23. The summed E-state index contributed by atoms with van der Waals surface area (Å²) in [6.45, 7) is 0.564. The van der Waals surface area contributed by atoms with Crippen LogP contribution in [0, 0.1) is 0 Å². The van der Waals surface area contributed by atoms with Gasteiger partial charge in [-0.1, -0.05) is 30.3 Å². The van der Waals surface area contributed by atoms with Gasteiger partial charge in [-0.05, 0) is 5.56 Å². The van der Waals surface area contributed by atoms with Crippen molar-refractivity contribution in [3.05, 3.63) is 35.9 Å². The second-order valence-electron chi connectivity index (χ2n) is 3.44. The van der Waals surface area contributed by atoms with Gasteiger partial charge in [0.25, 0.3) is 5.91 Å². The third-order valence-corrected chi connectivity index (χ3v) is 2.47. The average molecular weight is 189 g/mol. The number of carbonyl (C=O) groups excluding carboxylic acids is 2. The van der Waals surface area contributed by atoms with E-state index in [1.807, 2.05) is 30.3 Å². The first-order valence-corrected chi connectivity index (χ1v) is 4.63. The van der Waals surface area contributed by atoms with E-state index in [0.29, 0.717) is 13.0 Å². The van der Waals surface area contributed by atoms with E-state index in [9.17, 15) is 9.59 Å². The molecule has 1 heterocycles. The Morgan fingerprint density at radius 3 is 2.50 bits per heavy atom. The molecule has 1 aliphatic rings. The molecular weight excluding hydrogens is 178 g/mol. The van der Waals surface area contributed by atoms with Crippen LogP contribution in [-0.2, 0) is 9.59 Å². The van der Waals surface area contributed by atoms with Crippen LogP contribution in [0.25, 0.3) is 0 Å². The predicted molar refractivity (Wildman–Crippen MR) is 51.8 cm³/mol. The number of hydrogen-bond acceptors (Lipinski definition) is 2. The van der Waals surface area contributed by atoms with Crippen molar-refractivity contribution in [1.82, 2.24) is 5.32 Å². The molecule has 0 aromatic heterocycles. The molecule has 1 atom stereocenters. The molecule has 3 heteroatoms. The van der Waals surface area contributed by atoms with Gasteiger partial charge in [0.05, 0.1) is 0 Å². The maximum absolute atomic E-state index is 11.2. The zero-order chi connectivity index (χ0) is 9.97. The van der Waals surface area contributed by atoms with Gasteiger partial charge in [-0.15, -0.1) is 0 Å². The third-order valence-electron chi connectivity index (χ3n) is 2.47. The first-order valence-electron chi connectivity index (χ1n) is 4.63. The van der Waals surface area contributed by atoms with Crippen molar-refractivity contribution in [3.8, 4) is 0 Å². The maximum Gasteiger partial charge on any atom is 0.287 e. The van der Waals surface area contributed by atoms with Crippen LogP contribution in [0.5, 0.6) is 0 Å². The molecule has 3 nitrogen and oxygen atoms in total. The van der Waals surface area contributed by atoms with Crippen molar-refractivity contribution in [2.24, 2.45) is 0 Å². The Balaban J connectivity index is 2.14. The van der Waals surface area contributed by atoms with E-state index in [0.717, 1.165) is 5.56 Å². The van der Waals surface area contributed by atoms with Gasteiger partial charge in [0.2, 0.25) is 5.78 Å². The van der Waals surface area contributed by atoms with E-state index < -0.39 is 5.91 Å². The number of ketones is 1. The summed E-state index contributed by atoms with van der Waals surface area (Å²) in [4.78, 5) is 22.1. The second kappa shape index (κ2) is 3.62. The SMILES string of the molecule is O=C1CC(c2ccccc2)CNC1=O. The van der Waals surface area contributed by atoms with E-state index in [-0.39, 0.29) is 11.7 Å². The topological polar surface area (TPSA) is 46.2 Å². The third kappa shape index (κ3) is 1.66. The Bertz CT molecular complexity index is 359. The van der Waals surface area contributed by atoms with Gasteiger partial charge in [-0.2, -0.15) is 0 Å². The number of amides is 1. The number of benzene rings is 1. The van der Waals surface area contributed by atoms with E-state index in [2.05, 4.69) is 5.32 Å². The molecule has 0 radical (unpaired) electrons. The van der Waals surface area contributed by atoms with E-state index in [4.69, 9.17) is 0 Å². The summed E-state index contributed by atoms with van der Waals surface area (Å²) in [7, 11) is 0. The van der Waals surface area contributed by atoms with Crippen LogP contribution >= 0.6 is 0 Å². The smallest absolute Gasteiger partial charge is 0.287 e. The molecule has 72 valence electrons. The first-order chi connectivity index (χ1) is 6.77. The Hall–Kier alpha value is -1.64. The van der Waals surface area contributed by atoms with Crippen molar-refractivity contribution in [3.63, 3.8) is 0 Å². The zero-order valence-electron chi connectivity index (χ0n) is 7.69. The molecule has 1 fully saturated rings. The number of Topliss-reactive ketones (excluding diaryl/α,β-unsaturated/α-hetero) is 1. The molecule has 1 saturated heterocycles. The van der Waals surface area contributed by atoms with Crippen molar-refractivity contribution in [2.45, 2.75) is 12.3 Å². The van der Waals surface area contributed by atoms with Crippen molar-refractivity contribution in [1.29, 1.82) is 0 Å². The molecule has 0 saturated carbocycles. The Morgan fingerprint density at radius 1 is 1.14 bits per heavy atom. The van der Waals surface area contributed by atoms with E-state index in [1.165, 1.54) is 0 Å². The highest BCUT2D eigenvalue weighted by molar-refractivity contribution is 6.36. The predicted octanol–water partition coefficient (Wildman–Crippen LogP) is 0.859. The highest BCUT2D eigenvalue weighted by atomic mass is 16.2. The van der Waals surface area contributed by atoms with Crippen LogP contribution in [-0.4, -0.2) is 18.2 Å². The Labute approximate surface area is 82.1 Å². The molecule has 0 aliphatic carbocycles. The fourth-order valence-corrected chi connectivity index (χ4v) is 1.66. The molecular formula is C11H11NO2. The molecule has 14 heavy (non-hydrogen) atoms. The minimum atomic E-state index is -0.447. The van der Waals surface area contributed by atoms with Gasteiger partial charge in [-0.25, -0.2) is 0 Å². The minimum absolute atomic E-state index is 0.140. The summed E-state index contributed by atoms with van der Waals surface area (Å²) in [5, 5.41) is 2.59. The molecule has 0 spiro atoms. The van der Waals surface area contributed by atoms with Crippen LogP contribution in [0.2, 0.25) is 0 Å². The lowest BCUT2D eigenvalue weighted by atomic mass is 9.91. The van der Waals surface area contributed by atoms with Crippen molar-refractivity contribution in [2.75, 3.05) is 6.54 Å². The monoisotopic (exact) mass is 189 g/mol. The van der Waals surface area contributed by atoms with Crippen LogP contribution < -0.4 is 5.32 Å². The van der Waals surface area contributed by atoms with E-state index >= 15 is 0 Å². The lowest BCUT2D eigenvalue weighted by Crippen LogP contribution is -2.40. The molecule has 1 unspecified atom stereocenters. The summed E-state index contributed by atoms with van der Waals surface area (Å²) in [5.41, 5.74) is 1.11. The molecule has 1 aromatic carbocycles. The summed E-state index contributed by atoms with van der Waals surface area (Å²) in [6.07, 6.45) is 0.329. The summed E-state index contributed by atoms with van der Waals surface area (Å²) >= 11 is 0. The molecule has 1 aromatic rings. The lowest BCUT2D eigenvalue weighted by Gasteiger charge is -2.21. The van der Waals surface area contributed by atoms with Crippen LogP contribution in [0.3, 0.4) is 0 Å². The number of hydrogen-bond donors (Lipinski definition) is 1. The van der Waals surface area contributed by atoms with Gasteiger partial charge < -0.3 is 5.32 Å². The molecule has 0 bridgehead atoms. The first kappa shape index (κ1) is 8.94. The summed E-state index contributed by atoms with van der Waals surface area (Å²) in [5.74, 6) is -0.622. The molecule has 2 rings (SSSR count). The van der Waals surface area contributed by atoms with Gasteiger partial charge in [0.1, 0.15) is 0 Å². The summed E-state index contributed by atoms with van der Waals surface area (Å²) in [6, 6.07) is 9.78. The highest BCUT2D eigenvalue weighted by Crippen LogP contribution is 2.21. The molecule has 1 N–H and O–H groups in total. The van der Waals surface area contributed by atoms with Gasteiger partial charge >= 0.3 is 0 Å². The fraction of sp³-hybridized carbons (Fsp3) is 0.273. The van der Waals surface area contributed by atoms with Gasteiger partial charge in [-0.3, -0.25) is 9.59 Å². The molecule has 1 aliphatic heterocycles. The van der Waals surface area contributed by atoms with Crippen LogP contribution in [0.4, 0.5) is 0 Å². The van der Waals surface area contributed by atoms with Crippen molar-refractivity contribution >= 4 is 11.7 Å². The van der Waals surface area contributed by atoms with Gasteiger partial charge in [0.15, 0.2) is 0 Å². The molecule has 1 amide bonds. The number of rotatable bonds is 1.